The molecule has 0 saturated heterocycles. The number of rotatable bonds is 5. The number of thiophene rings is 1. The van der Waals surface area contributed by atoms with E-state index in [0.717, 1.165) is 15.2 Å². The number of nitrogens with zero attached hydrogens (tertiary/aromatic N) is 3. The van der Waals surface area contributed by atoms with Crippen molar-refractivity contribution in [2.45, 2.75) is 5.03 Å². The molecule has 1 N–H and O–H groups in total. The van der Waals surface area contributed by atoms with Crippen LogP contribution in [0.3, 0.4) is 0 Å². The molecule has 7 nitrogen and oxygen atoms in total. The van der Waals surface area contributed by atoms with Gasteiger partial charge in [0.25, 0.3) is 5.69 Å². The van der Waals surface area contributed by atoms with E-state index in [9.17, 15) is 14.9 Å². The van der Waals surface area contributed by atoms with Crippen molar-refractivity contribution in [2.75, 3.05) is 11.1 Å². The standard InChI is InChI=1S/C14H9ClN4O3S2/c15-10-2-1-8(5-11(10)19(21)22)18-12(20)6-24-14-9-3-4-23-13(9)16-7-17-14/h1-5,7H,6H2,(H,18,20). The zero-order valence-electron chi connectivity index (χ0n) is 11.9. The van der Waals surface area contributed by atoms with E-state index in [1.165, 1.54) is 47.6 Å². The predicted octanol–water partition coefficient (Wildman–Crippen LogP) is 3.98. The molecule has 3 rings (SSSR count). The zero-order valence-corrected chi connectivity index (χ0v) is 14.3. The maximum absolute atomic E-state index is 12.1. The van der Waals surface area contributed by atoms with Crippen LogP contribution >= 0.6 is 34.7 Å². The number of nitro benzene ring substituents is 1. The van der Waals surface area contributed by atoms with Crippen molar-refractivity contribution in [3.63, 3.8) is 0 Å². The smallest absolute Gasteiger partial charge is 0.289 e. The molecule has 3 aromatic rings. The maximum Gasteiger partial charge on any atom is 0.289 e. The number of fused-ring (bicyclic) bond motifs is 1. The molecule has 0 fully saturated rings. The molecule has 1 aromatic carbocycles. The molecule has 0 bridgehead atoms. The van der Waals surface area contributed by atoms with Crippen LogP contribution in [0.15, 0.2) is 41.0 Å². The van der Waals surface area contributed by atoms with Crippen LogP contribution in [-0.2, 0) is 4.79 Å². The summed E-state index contributed by atoms with van der Waals surface area (Å²) in [5, 5.41) is 17.0. The van der Waals surface area contributed by atoms with Crippen molar-refractivity contribution in [1.29, 1.82) is 0 Å². The van der Waals surface area contributed by atoms with Gasteiger partial charge in [0.1, 0.15) is 21.2 Å². The number of thioether (sulfide) groups is 1. The molecule has 0 saturated carbocycles. The highest BCUT2D eigenvalue weighted by molar-refractivity contribution is 8.00. The second kappa shape index (κ2) is 7.12. The fourth-order valence-electron chi connectivity index (χ4n) is 1.94. The van der Waals surface area contributed by atoms with Gasteiger partial charge in [0.15, 0.2) is 0 Å². The lowest BCUT2D eigenvalue weighted by molar-refractivity contribution is -0.384. The summed E-state index contributed by atoms with van der Waals surface area (Å²) < 4.78 is 0. The van der Waals surface area contributed by atoms with Gasteiger partial charge in [0.2, 0.25) is 5.91 Å². The van der Waals surface area contributed by atoms with Crippen molar-refractivity contribution >= 4 is 62.2 Å². The number of nitrogens with one attached hydrogen (secondary N) is 1. The molecule has 10 heteroatoms. The number of anilines is 1. The minimum absolute atomic E-state index is 0.0215. The van der Waals surface area contributed by atoms with E-state index in [1.807, 2.05) is 11.4 Å². The molecular formula is C14H9ClN4O3S2. The molecule has 122 valence electrons. The second-order valence-electron chi connectivity index (χ2n) is 4.58. The number of hydrogen-bond donors (Lipinski definition) is 1. The lowest BCUT2D eigenvalue weighted by atomic mass is 10.3. The van der Waals surface area contributed by atoms with Gasteiger partial charge in [-0.3, -0.25) is 14.9 Å². The van der Waals surface area contributed by atoms with E-state index in [4.69, 9.17) is 11.6 Å². The third kappa shape index (κ3) is 3.64. The first-order valence-electron chi connectivity index (χ1n) is 6.59. The fourth-order valence-corrected chi connectivity index (χ4v) is 3.71. The Bertz CT molecular complexity index is 931. The summed E-state index contributed by atoms with van der Waals surface area (Å²) in [6.45, 7) is 0. The van der Waals surface area contributed by atoms with Crippen LogP contribution in [0, 0.1) is 10.1 Å². The molecule has 1 amide bonds. The quantitative estimate of drug-likeness (QED) is 0.311. The Balaban J connectivity index is 1.67. The average Bonchev–Trinajstić information content (AvgIpc) is 3.03. The molecule has 0 spiro atoms. The summed E-state index contributed by atoms with van der Waals surface area (Å²) in [6.07, 6.45) is 1.46. The lowest BCUT2D eigenvalue weighted by Crippen LogP contribution is -2.14. The van der Waals surface area contributed by atoms with E-state index in [2.05, 4.69) is 15.3 Å². The van der Waals surface area contributed by atoms with Crippen LogP contribution in [0.25, 0.3) is 10.2 Å². The molecular weight excluding hydrogens is 372 g/mol. The van der Waals surface area contributed by atoms with Crippen LogP contribution < -0.4 is 5.32 Å². The summed E-state index contributed by atoms with van der Waals surface area (Å²) in [5.74, 6) is -0.170. The topological polar surface area (TPSA) is 98.0 Å². The van der Waals surface area contributed by atoms with Crippen molar-refractivity contribution < 1.29 is 9.72 Å². The molecule has 0 aliphatic carbocycles. The van der Waals surface area contributed by atoms with Gasteiger partial charge in [-0.2, -0.15) is 0 Å². The van der Waals surface area contributed by atoms with Gasteiger partial charge >= 0.3 is 0 Å². The molecule has 0 aliphatic heterocycles. The molecule has 24 heavy (non-hydrogen) atoms. The van der Waals surface area contributed by atoms with E-state index in [-0.39, 0.29) is 22.4 Å². The molecule has 2 heterocycles. The molecule has 0 atom stereocenters. The van der Waals surface area contributed by atoms with Crippen molar-refractivity contribution in [2.24, 2.45) is 0 Å². The number of amides is 1. The number of halogens is 1. The Hall–Kier alpha value is -2.23. The number of carbonyl (C=O) groups is 1. The Morgan fingerprint density at radius 3 is 3.00 bits per heavy atom. The summed E-state index contributed by atoms with van der Waals surface area (Å²) >= 11 is 8.52. The van der Waals surface area contributed by atoms with Gasteiger partial charge in [-0.05, 0) is 23.6 Å². The fraction of sp³-hybridized carbons (Fsp3) is 0.0714. The number of hydrogen-bond acceptors (Lipinski definition) is 7. The monoisotopic (exact) mass is 380 g/mol. The first kappa shape index (κ1) is 16.6. The van der Waals surface area contributed by atoms with Crippen molar-refractivity contribution in [1.82, 2.24) is 9.97 Å². The third-order valence-corrected chi connectivity index (χ3v) is 5.14. The van der Waals surface area contributed by atoms with Crippen LogP contribution in [0.5, 0.6) is 0 Å². The van der Waals surface area contributed by atoms with Crippen molar-refractivity contribution in [3.8, 4) is 0 Å². The van der Waals surface area contributed by atoms with Gasteiger partial charge < -0.3 is 5.32 Å². The highest BCUT2D eigenvalue weighted by atomic mass is 35.5. The third-order valence-electron chi connectivity index (χ3n) is 2.99. The van der Waals surface area contributed by atoms with Crippen LogP contribution in [0.4, 0.5) is 11.4 Å². The number of carbonyl (C=O) groups excluding carboxylic acids is 1. The summed E-state index contributed by atoms with van der Waals surface area (Å²) in [7, 11) is 0. The number of aromatic nitrogens is 2. The highest BCUT2D eigenvalue weighted by Gasteiger charge is 2.14. The zero-order chi connectivity index (χ0) is 17.1. The SMILES string of the molecule is O=C(CSc1ncnc2sccc12)Nc1ccc(Cl)c([N+](=O)[O-])c1. The number of benzene rings is 1. The van der Waals surface area contributed by atoms with Gasteiger partial charge in [0.05, 0.1) is 10.7 Å². The van der Waals surface area contributed by atoms with Gasteiger partial charge in [-0.15, -0.1) is 11.3 Å². The van der Waals surface area contributed by atoms with E-state index >= 15 is 0 Å². The molecule has 0 unspecified atom stereocenters. The molecule has 0 aliphatic rings. The summed E-state index contributed by atoms with van der Waals surface area (Å²) in [4.78, 5) is 31.5. The maximum atomic E-state index is 12.1. The van der Waals surface area contributed by atoms with Gasteiger partial charge in [-0.1, -0.05) is 23.4 Å². The van der Waals surface area contributed by atoms with Gasteiger partial charge in [0, 0.05) is 17.1 Å². The van der Waals surface area contributed by atoms with E-state index in [1.54, 1.807) is 0 Å². The average molecular weight is 381 g/mol. The van der Waals surface area contributed by atoms with Crippen molar-refractivity contribution in [3.05, 3.63) is 51.1 Å². The minimum Gasteiger partial charge on any atom is -0.325 e. The minimum atomic E-state index is -0.596. The lowest BCUT2D eigenvalue weighted by Gasteiger charge is -2.06. The van der Waals surface area contributed by atoms with Gasteiger partial charge in [-0.25, -0.2) is 9.97 Å². The van der Waals surface area contributed by atoms with E-state index in [0.29, 0.717) is 5.69 Å². The normalized spacial score (nSPS) is 10.7. The summed E-state index contributed by atoms with van der Waals surface area (Å²) in [6, 6.07) is 6.02. The molecule has 0 radical (unpaired) electrons. The second-order valence-corrected chi connectivity index (χ2v) is 6.84. The Morgan fingerprint density at radius 1 is 1.38 bits per heavy atom. The first-order valence-corrected chi connectivity index (χ1v) is 8.83. The Kier molecular flexibility index (Phi) is 4.93. The highest BCUT2D eigenvalue weighted by Crippen LogP contribution is 2.29. The van der Waals surface area contributed by atoms with Crippen LogP contribution in [0.2, 0.25) is 5.02 Å². The largest absolute Gasteiger partial charge is 0.325 e. The van der Waals surface area contributed by atoms with E-state index < -0.39 is 4.92 Å². The van der Waals surface area contributed by atoms with Crippen LogP contribution in [0.1, 0.15) is 0 Å². The predicted molar refractivity (Wildman–Crippen MR) is 94.9 cm³/mol. The first-order chi connectivity index (χ1) is 11.5. The summed E-state index contributed by atoms with van der Waals surface area (Å²) in [5.41, 5.74) is 0.0676. The van der Waals surface area contributed by atoms with Crippen LogP contribution in [-0.4, -0.2) is 26.6 Å². The molecule has 2 aromatic heterocycles. The Morgan fingerprint density at radius 2 is 2.21 bits per heavy atom. The Labute approximate surface area is 149 Å². The number of nitro groups is 1.